The molecule has 0 bridgehead atoms. The van der Waals surface area contributed by atoms with Gasteiger partial charge in [-0.25, -0.2) is 4.39 Å². The van der Waals surface area contributed by atoms with Crippen LogP contribution in [0.25, 0.3) is 0 Å². The van der Waals surface area contributed by atoms with E-state index in [0.29, 0.717) is 6.54 Å². The molecule has 0 aliphatic heterocycles. The number of benzene rings is 1. The van der Waals surface area contributed by atoms with Crippen molar-refractivity contribution >= 4 is 0 Å². The molecule has 1 N–H and O–H groups in total. The molecule has 0 heterocycles. The first-order valence-electron chi connectivity index (χ1n) is 6.67. The molecule has 0 fully saturated rings. The van der Waals surface area contributed by atoms with Crippen molar-refractivity contribution in [2.24, 2.45) is 5.41 Å². The summed E-state index contributed by atoms with van der Waals surface area (Å²) in [6.45, 7) is 8.20. The molecule has 1 aromatic carbocycles. The topological polar surface area (TPSA) is 12.0 Å². The maximum Gasteiger partial charge on any atom is 0.416 e. The van der Waals surface area contributed by atoms with Crippen molar-refractivity contribution in [3.8, 4) is 0 Å². The summed E-state index contributed by atoms with van der Waals surface area (Å²) in [7, 11) is 0. The highest BCUT2D eigenvalue weighted by Gasteiger charge is 2.34. The van der Waals surface area contributed by atoms with Crippen LogP contribution in [-0.2, 0) is 6.18 Å². The third kappa shape index (κ3) is 4.20. The Morgan fingerprint density at radius 1 is 1.15 bits per heavy atom. The highest BCUT2D eigenvalue weighted by atomic mass is 19.4. The second-order valence-electron chi connectivity index (χ2n) is 5.99. The fraction of sp³-hybridized carbons (Fsp3) is 0.600. The number of hydrogen-bond acceptors (Lipinski definition) is 1. The fourth-order valence-corrected chi connectivity index (χ4v) is 2.11. The van der Waals surface area contributed by atoms with E-state index in [1.54, 1.807) is 0 Å². The first kappa shape index (κ1) is 17.0. The second-order valence-corrected chi connectivity index (χ2v) is 5.99. The zero-order valence-electron chi connectivity index (χ0n) is 12.2. The van der Waals surface area contributed by atoms with Crippen molar-refractivity contribution in [3.05, 3.63) is 35.1 Å². The summed E-state index contributed by atoms with van der Waals surface area (Å²) in [6, 6.07) is 2.11. The van der Waals surface area contributed by atoms with E-state index >= 15 is 0 Å². The molecule has 1 nitrogen and oxygen atoms in total. The molecule has 1 atom stereocenters. The van der Waals surface area contributed by atoms with Gasteiger partial charge in [0, 0.05) is 11.6 Å². The summed E-state index contributed by atoms with van der Waals surface area (Å²) in [5, 5.41) is 3.14. The van der Waals surface area contributed by atoms with Crippen molar-refractivity contribution in [2.75, 3.05) is 6.54 Å². The Labute approximate surface area is 117 Å². The minimum Gasteiger partial charge on any atom is -0.309 e. The molecule has 0 spiro atoms. The van der Waals surface area contributed by atoms with E-state index in [2.05, 4.69) is 5.32 Å². The van der Waals surface area contributed by atoms with Crippen LogP contribution in [0.1, 0.15) is 51.3 Å². The van der Waals surface area contributed by atoms with E-state index in [1.165, 1.54) is 0 Å². The van der Waals surface area contributed by atoms with Crippen molar-refractivity contribution in [2.45, 2.75) is 46.3 Å². The molecule has 0 radical (unpaired) electrons. The summed E-state index contributed by atoms with van der Waals surface area (Å²) in [5.74, 6) is -0.610. The third-order valence-electron chi connectivity index (χ3n) is 3.10. The second kappa shape index (κ2) is 6.12. The molecule has 0 aliphatic carbocycles. The van der Waals surface area contributed by atoms with Gasteiger partial charge in [0.1, 0.15) is 5.82 Å². The number of rotatable bonds is 4. The van der Waals surface area contributed by atoms with Crippen LogP contribution in [-0.4, -0.2) is 6.54 Å². The first-order chi connectivity index (χ1) is 9.07. The Morgan fingerprint density at radius 2 is 1.75 bits per heavy atom. The predicted molar refractivity (Wildman–Crippen MR) is 71.9 cm³/mol. The average molecular weight is 291 g/mol. The Hall–Kier alpha value is -1.10. The number of nitrogens with one attached hydrogen (secondary N) is 1. The van der Waals surface area contributed by atoms with Gasteiger partial charge in [0.2, 0.25) is 0 Å². The van der Waals surface area contributed by atoms with E-state index in [4.69, 9.17) is 0 Å². The Bertz CT molecular complexity index is 446. The fourth-order valence-electron chi connectivity index (χ4n) is 2.11. The van der Waals surface area contributed by atoms with Crippen LogP contribution in [0.15, 0.2) is 18.2 Å². The van der Waals surface area contributed by atoms with Gasteiger partial charge in [-0.1, -0.05) is 27.7 Å². The molecule has 1 aromatic rings. The lowest BCUT2D eigenvalue weighted by molar-refractivity contribution is -0.137. The third-order valence-corrected chi connectivity index (χ3v) is 3.10. The van der Waals surface area contributed by atoms with Gasteiger partial charge in [0.05, 0.1) is 5.56 Å². The maximum absolute atomic E-state index is 14.0. The lowest BCUT2D eigenvalue weighted by Gasteiger charge is -2.32. The minimum atomic E-state index is -4.46. The first-order valence-corrected chi connectivity index (χ1v) is 6.67. The molecule has 0 saturated heterocycles. The van der Waals surface area contributed by atoms with Crippen LogP contribution < -0.4 is 5.32 Å². The lowest BCUT2D eigenvalue weighted by atomic mass is 9.81. The van der Waals surface area contributed by atoms with Gasteiger partial charge in [-0.3, -0.25) is 0 Å². The molecule has 114 valence electrons. The van der Waals surface area contributed by atoms with E-state index in [1.807, 2.05) is 27.7 Å². The Kier molecular flexibility index (Phi) is 5.19. The van der Waals surface area contributed by atoms with Crippen LogP contribution in [0.4, 0.5) is 17.6 Å². The summed E-state index contributed by atoms with van der Waals surface area (Å²) in [6.07, 6.45) is -3.64. The standard InChI is InChI=1S/C15H21F4N/c1-5-8-20-13(14(2,3)4)11-9-10(15(17,18)19)6-7-12(11)16/h6-7,9,13,20H,5,8H2,1-4H3. The number of alkyl halides is 3. The van der Waals surface area contributed by atoms with Crippen molar-refractivity contribution in [1.29, 1.82) is 0 Å². The highest BCUT2D eigenvalue weighted by Crippen LogP contribution is 2.37. The van der Waals surface area contributed by atoms with E-state index in [9.17, 15) is 17.6 Å². The van der Waals surface area contributed by atoms with Gasteiger partial charge >= 0.3 is 6.18 Å². The summed E-state index contributed by atoms with van der Waals surface area (Å²) >= 11 is 0. The SMILES string of the molecule is CCCNC(c1cc(C(F)(F)F)ccc1F)C(C)(C)C. The normalized spacial score (nSPS) is 14.4. The number of halogens is 4. The van der Waals surface area contributed by atoms with E-state index in [0.717, 1.165) is 24.6 Å². The Balaban J connectivity index is 3.25. The number of hydrogen-bond donors (Lipinski definition) is 1. The molecular weight excluding hydrogens is 270 g/mol. The van der Waals surface area contributed by atoms with Gasteiger partial charge in [0.25, 0.3) is 0 Å². The predicted octanol–water partition coefficient (Wildman–Crippen LogP) is 4.93. The van der Waals surface area contributed by atoms with Gasteiger partial charge < -0.3 is 5.32 Å². The highest BCUT2D eigenvalue weighted by molar-refractivity contribution is 5.30. The molecule has 0 aliphatic rings. The van der Waals surface area contributed by atoms with E-state index < -0.39 is 23.6 Å². The van der Waals surface area contributed by atoms with Crippen LogP contribution >= 0.6 is 0 Å². The van der Waals surface area contributed by atoms with Crippen LogP contribution in [0.3, 0.4) is 0 Å². The molecular formula is C15H21F4N. The monoisotopic (exact) mass is 291 g/mol. The smallest absolute Gasteiger partial charge is 0.309 e. The summed E-state index contributed by atoms with van der Waals surface area (Å²) < 4.78 is 52.3. The lowest BCUT2D eigenvalue weighted by Crippen LogP contribution is -2.33. The van der Waals surface area contributed by atoms with Gasteiger partial charge in [-0.05, 0) is 36.6 Å². The maximum atomic E-state index is 14.0. The minimum absolute atomic E-state index is 0.0702. The quantitative estimate of drug-likeness (QED) is 0.775. The molecule has 1 unspecified atom stereocenters. The molecule has 1 rings (SSSR count). The van der Waals surface area contributed by atoms with Crippen LogP contribution in [0.2, 0.25) is 0 Å². The molecule has 0 amide bonds. The van der Waals surface area contributed by atoms with Gasteiger partial charge in [-0.15, -0.1) is 0 Å². The molecule has 0 aromatic heterocycles. The van der Waals surface area contributed by atoms with Crippen LogP contribution in [0.5, 0.6) is 0 Å². The van der Waals surface area contributed by atoms with Crippen molar-refractivity contribution < 1.29 is 17.6 Å². The van der Waals surface area contributed by atoms with Crippen molar-refractivity contribution in [1.82, 2.24) is 5.32 Å². The molecule has 5 heteroatoms. The Morgan fingerprint density at radius 3 is 2.20 bits per heavy atom. The summed E-state index contributed by atoms with van der Waals surface area (Å²) in [4.78, 5) is 0. The zero-order chi connectivity index (χ0) is 15.6. The largest absolute Gasteiger partial charge is 0.416 e. The average Bonchev–Trinajstić information content (AvgIpc) is 2.28. The summed E-state index contributed by atoms with van der Waals surface area (Å²) in [5.41, 5.74) is -1.14. The molecule has 0 saturated carbocycles. The van der Waals surface area contributed by atoms with Gasteiger partial charge in [0.15, 0.2) is 0 Å². The molecule has 20 heavy (non-hydrogen) atoms. The van der Waals surface area contributed by atoms with Gasteiger partial charge in [-0.2, -0.15) is 13.2 Å². The van der Waals surface area contributed by atoms with Crippen molar-refractivity contribution in [3.63, 3.8) is 0 Å². The zero-order valence-corrected chi connectivity index (χ0v) is 12.2. The van der Waals surface area contributed by atoms with Crippen LogP contribution in [0, 0.1) is 11.2 Å². The van der Waals surface area contributed by atoms with E-state index in [-0.39, 0.29) is 11.0 Å².